The highest BCUT2D eigenvalue weighted by atomic mass is 16.7. The number of hydrogen-bond donors (Lipinski definition) is 6. The molecule has 0 aromatic heterocycles. The lowest BCUT2D eigenvalue weighted by Crippen LogP contribution is -2.61. The Labute approximate surface area is 480 Å². The third-order valence-corrected chi connectivity index (χ3v) is 13.9. The lowest BCUT2D eigenvalue weighted by molar-refractivity contribution is -0.305. The van der Waals surface area contributed by atoms with Crippen LogP contribution >= 0.6 is 0 Å². The first-order valence-corrected chi connectivity index (χ1v) is 31.3. The van der Waals surface area contributed by atoms with Crippen molar-refractivity contribution in [2.45, 2.75) is 282 Å². The Morgan fingerprint density at radius 2 is 0.975 bits per heavy atom. The van der Waals surface area contributed by atoms with E-state index in [-0.39, 0.29) is 19.4 Å². The molecule has 1 fully saturated rings. The van der Waals surface area contributed by atoms with Gasteiger partial charge >= 0.3 is 5.97 Å². The molecule has 0 aromatic rings. The summed E-state index contributed by atoms with van der Waals surface area (Å²) in [7, 11) is 0. The van der Waals surface area contributed by atoms with Crippen molar-refractivity contribution < 1.29 is 49.3 Å². The number of aliphatic hydroxyl groups is 5. The molecule has 0 spiro atoms. The van der Waals surface area contributed by atoms with Crippen LogP contribution in [0.15, 0.2) is 122 Å². The lowest BCUT2D eigenvalue weighted by atomic mass is 9.99. The number of hydrogen-bond acceptors (Lipinski definition) is 10. The van der Waals surface area contributed by atoms with Crippen LogP contribution in [0.3, 0.4) is 0 Å². The first kappa shape index (κ1) is 73.1. The molecule has 1 rings (SSSR count). The van der Waals surface area contributed by atoms with Crippen molar-refractivity contribution in [3.8, 4) is 0 Å². The van der Waals surface area contributed by atoms with Crippen LogP contribution in [0.2, 0.25) is 0 Å². The zero-order valence-corrected chi connectivity index (χ0v) is 49.7. The van der Waals surface area contributed by atoms with Crippen LogP contribution in [0, 0.1) is 0 Å². The van der Waals surface area contributed by atoms with E-state index in [1.54, 1.807) is 6.08 Å². The number of rotatable bonds is 51. The number of carbonyl (C=O) groups is 2. The zero-order chi connectivity index (χ0) is 57.5. The maximum absolute atomic E-state index is 13.4. The second-order valence-electron chi connectivity index (χ2n) is 21.1. The lowest BCUT2D eigenvalue weighted by Gasteiger charge is -2.41. The minimum absolute atomic E-state index is 0.0922. The van der Waals surface area contributed by atoms with Crippen LogP contribution in [-0.2, 0) is 23.8 Å². The van der Waals surface area contributed by atoms with Gasteiger partial charge in [-0.05, 0) is 96.3 Å². The first-order valence-electron chi connectivity index (χ1n) is 31.3. The van der Waals surface area contributed by atoms with E-state index in [1.807, 2.05) is 24.3 Å². The molecule has 0 aromatic carbocycles. The molecule has 0 aliphatic carbocycles. The molecule has 1 amide bonds. The van der Waals surface area contributed by atoms with Gasteiger partial charge in [-0.15, -0.1) is 0 Å². The number of allylic oxidation sites excluding steroid dienone is 19. The fourth-order valence-electron chi connectivity index (χ4n) is 9.01. The molecule has 79 heavy (non-hydrogen) atoms. The molecular weight excluding hydrogens is 991 g/mol. The molecule has 1 aliphatic rings. The van der Waals surface area contributed by atoms with Crippen LogP contribution in [0.5, 0.6) is 0 Å². The van der Waals surface area contributed by atoms with E-state index in [9.17, 15) is 35.1 Å². The maximum atomic E-state index is 13.4. The Hall–Kier alpha value is -3.94. The largest absolute Gasteiger partial charge is 0.454 e. The molecule has 0 radical (unpaired) electrons. The van der Waals surface area contributed by atoms with Gasteiger partial charge in [-0.2, -0.15) is 0 Å². The highest BCUT2D eigenvalue weighted by Gasteiger charge is 2.47. The van der Waals surface area contributed by atoms with Gasteiger partial charge < -0.3 is 45.1 Å². The van der Waals surface area contributed by atoms with Gasteiger partial charge in [0.05, 0.1) is 25.4 Å². The predicted octanol–water partition coefficient (Wildman–Crippen LogP) is 15.1. The van der Waals surface area contributed by atoms with Crippen molar-refractivity contribution in [2.24, 2.45) is 0 Å². The highest BCUT2D eigenvalue weighted by Crippen LogP contribution is 2.26. The number of nitrogens with one attached hydrogen (secondary N) is 1. The van der Waals surface area contributed by atoms with E-state index < -0.39 is 67.4 Å². The van der Waals surface area contributed by atoms with Gasteiger partial charge in [-0.1, -0.05) is 251 Å². The summed E-state index contributed by atoms with van der Waals surface area (Å²) >= 11 is 0. The SMILES string of the molecule is CC/C=C\C/C=C\C/C=C\C/C=C\C/C=C\C/C=C\CCCCCCCC(O)C(=O)NC(COC1OC(CO)C(O)C(O)C1OC(=O)CCCCCCC\C=C/C=C/C=C/CC)C(O)/C=C/CCCCCCCCCCCCC. The summed E-state index contributed by atoms with van der Waals surface area (Å²) in [6, 6.07) is -1.05. The molecular formula is C68H113NO10. The number of unbranched alkanes of at least 4 members (excludes halogenated alkanes) is 21. The molecule has 0 bridgehead atoms. The normalized spacial score (nSPS) is 19.7. The van der Waals surface area contributed by atoms with Gasteiger partial charge in [0.1, 0.15) is 24.4 Å². The van der Waals surface area contributed by atoms with Crippen molar-refractivity contribution >= 4 is 11.9 Å². The molecule has 11 nitrogen and oxygen atoms in total. The minimum Gasteiger partial charge on any atom is -0.454 e. The summed E-state index contributed by atoms with van der Waals surface area (Å²) in [4.78, 5) is 26.5. The van der Waals surface area contributed by atoms with E-state index in [1.165, 1.54) is 51.4 Å². The zero-order valence-electron chi connectivity index (χ0n) is 49.7. The summed E-state index contributed by atoms with van der Waals surface area (Å²) in [6.45, 7) is 5.51. The van der Waals surface area contributed by atoms with Gasteiger partial charge in [0.15, 0.2) is 12.4 Å². The molecule has 6 N–H and O–H groups in total. The third kappa shape index (κ3) is 42.6. The summed E-state index contributed by atoms with van der Waals surface area (Å²) in [5.74, 6) is -1.24. The fourth-order valence-corrected chi connectivity index (χ4v) is 9.01. The molecule has 0 saturated carbocycles. The van der Waals surface area contributed by atoms with E-state index in [0.717, 1.165) is 135 Å². The number of amides is 1. The van der Waals surface area contributed by atoms with Crippen LogP contribution < -0.4 is 5.32 Å². The monoisotopic (exact) mass is 1100 g/mol. The van der Waals surface area contributed by atoms with Gasteiger partial charge in [-0.3, -0.25) is 9.59 Å². The first-order chi connectivity index (χ1) is 38.7. The van der Waals surface area contributed by atoms with Crippen LogP contribution in [-0.4, -0.2) is 99.6 Å². The van der Waals surface area contributed by atoms with E-state index in [0.29, 0.717) is 12.8 Å². The van der Waals surface area contributed by atoms with E-state index in [4.69, 9.17) is 14.2 Å². The topological polar surface area (TPSA) is 175 Å². The van der Waals surface area contributed by atoms with Crippen molar-refractivity contribution in [2.75, 3.05) is 13.2 Å². The van der Waals surface area contributed by atoms with E-state index >= 15 is 0 Å². The van der Waals surface area contributed by atoms with Gasteiger partial charge in [0.25, 0.3) is 0 Å². The number of carbonyl (C=O) groups excluding carboxylic acids is 2. The fraction of sp³-hybridized carbons (Fsp3) is 0.676. The third-order valence-electron chi connectivity index (χ3n) is 13.9. The molecule has 1 aliphatic heterocycles. The van der Waals surface area contributed by atoms with Gasteiger partial charge in [0, 0.05) is 6.42 Å². The molecule has 8 atom stereocenters. The predicted molar refractivity (Wildman–Crippen MR) is 328 cm³/mol. The van der Waals surface area contributed by atoms with Crippen LogP contribution in [0.25, 0.3) is 0 Å². The summed E-state index contributed by atoms with van der Waals surface area (Å²) in [6.07, 6.45) is 65.2. The second kappa shape index (κ2) is 54.6. The Morgan fingerprint density at radius 1 is 0.519 bits per heavy atom. The molecule has 450 valence electrons. The summed E-state index contributed by atoms with van der Waals surface area (Å²) in [5.41, 5.74) is 0. The minimum atomic E-state index is -1.63. The number of ether oxygens (including phenoxy) is 3. The second-order valence-corrected chi connectivity index (χ2v) is 21.1. The average Bonchev–Trinajstić information content (AvgIpc) is 3.48. The van der Waals surface area contributed by atoms with Crippen molar-refractivity contribution in [1.82, 2.24) is 5.32 Å². The highest BCUT2D eigenvalue weighted by molar-refractivity contribution is 5.80. The average molecular weight is 1100 g/mol. The number of aliphatic hydroxyl groups excluding tert-OH is 5. The van der Waals surface area contributed by atoms with Crippen molar-refractivity contribution in [3.05, 3.63) is 122 Å². The molecule has 11 heteroatoms. The Kier molecular flexibility index (Phi) is 50.5. The Morgan fingerprint density at radius 3 is 1.51 bits per heavy atom. The standard InChI is InChI=1S/C68H113NO10/c1-4-7-10-13-16-19-22-25-26-27-28-29-30-31-32-33-34-35-38-40-43-46-49-52-55-61(72)67(76)69-59(60(71)54-51-48-45-42-39-36-23-20-17-14-11-8-5-2)58-77-68-66(65(75)64(74)62(57-70)78-68)79-63(73)56-53-50-47-44-41-37-24-21-18-15-12-9-6-3/h7,9-10,12,15-16,18-19,21,24-26,28-29,31-32,34-35,51,54,59-62,64-66,68,70-72,74-75H,4-6,8,11,13-14,17,20,22-23,27,30,33,36-50,52-53,55-58H2,1-3H3,(H,69,76)/b10-7-,12-9+,18-15+,19-16-,24-21-,26-25-,29-28-,32-31-,35-34-,54-51+. The number of esters is 1. The smallest absolute Gasteiger partial charge is 0.306 e. The molecule has 8 unspecified atom stereocenters. The molecule has 1 saturated heterocycles. The summed E-state index contributed by atoms with van der Waals surface area (Å²) < 4.78 is 17.6. The van der Waals surface area contributed by atoms with Crippen LogP contribution in [0.1, 0.15) is 233 Å². The van der Waals surface area contributed by atoms with E-state index in [2.05, 4.69) is 117 Å². The maximum Gasteiger partial charge on any atom is 0.306 e. The van der Waals surface area contributed by atoms with Gasteiger partial charge in [0.2, 0.25) is 5.91 Å². The van der Waals surface area contributed by atoms with Crippen molar-refractivity contribution in [3.63, 3.8) is 0 Å². The summed E-state index contributed by atoms with van der Waals surface area (Å²) in [5, 5.41) is 57.0. The quantitative estimate of drug-likeness (QED) is 0.0149. The van der Waals surface area contributed by atoms with Gasteiger partial charge in [-0.25, -0.2) is 0 Å². The Balaban J connectivity index is 2.69. The van der Waals surface area contributed by atoms with Crippen LogP contribution in [0.4, 0.5) is 0 Å². The Bertz CT molecular complexity index is 1740. The van der Waals surface area contributed by atoms with Crippen molar-refractivity contribution in [1.29, 1.82) is 0 Å². The molecule has 1 heterocycles.